The lowest BCUT2D eigenvalue weighted by molar-refractivity contribution is -0.384. The molecule has 2 aromatic rings. The predicted octanol–water partition coefficient (Wildman–Crippen LogP) is 2.30. The van der Waals surface area contributed by atoms with Gasteiger partial charge in [0.2, 0.25) is 0 Å². The molecule has 6 nitrogen and oxygen atoms in total. The topological polar surface area (TPSA) is 95.6 Å². The van der Waals surface area contributed by atoms with E-state index in [0.717, 1.165) is 5.56 Å². The minimum Gasteiger partial charge on any atom is -0.508 e. The van der Waals surface area contributed by atoms with Gasteiger partial charge < -0.3 is 15.5 Å². The first kappa shape index (κ1) is 13.8. The molecule has 0 saturated carbocycles. The maximum atomic E-state index is 10.7. The first-order valence-corrected chi connectivity index (χ1v) is 6.01. The number of nitrogens with zero attached hydrogens (tertiary/aromatic N) is 1. The van der Waals surface area contributed by atoms with Crippen LogP contribution >= 0.6 is 0 Å². The van der Waals surface area contributed by atoms with Gasteiger partial charge in [0.15, 0.2) is 0 Å². The van der Waals surface area contributed by atoms with Crippen LogP contribution < -0.4 is 5.32 Å². The summed E-state index contributed by atoms with van der Waals surface area (Å²) >= 11 is 0. The van der Waals surface area contributed by atoms with Crippen LogP contribution in [0.25, 0.3) is 0 Å². The van der Waals surface area contributed by atoms with Gasteiger partial charge in [0.1, 0.15) is 11.5 Å². The van der Waals surface area contributed by atoms with Gasteiger partial charge in [0.25, 0.3) is 5.69 Å². The summed E-state index contributed by atoms with van der Waals surface area (Å²) in [7, 11) is 0. The van der Waals surface area contributed by atoms with Crippen molar-refractivity contribution in [1.29, 1.82) is 0 Å². The van der Waals surface area contributed by atoms with Crippen molar-refractivity contribution in [3.63, 3.8) is 0 Å². The second-order valence-electron chi connectivity index (χ2n) is 4.34. The van der Waals surface area contributed by atoms with Crippen molar-refractivity contribution in [2.24, 2.45) is 0 Å². The molecule has 0 amide bonds. The second kappa shape index (κ2) is 6.03. The monoisotopic (exact) mass is 274 g/mol. The Hall–Kier alpha value is -2.60. The van der Waals surface area contributed by atoms with Crippen LogP contribution in [0.1, 0.15) is 11.1 Å². The molecule has 0 saturated heterocycles. The number of hydrogen-bond acceptors (Lipinski definition) is 5. The van der Waals surface area contributed by atoms with E-state index >= 15 is 0 Å². The first-order chi connectivity index (χ1) is 9.56. The van der Waals surface area contributed by atoms with Crippen molar-refractivity contribution in [1.82, 2.24) is 5.32 Å². The molecule has 0 fully saturated rings. The van der Waals surface area contributed by atoms with E-state index in [2.05, 4.69) is 5.32 Å². The highest BCUT2D eigenvalue weighted by Crippen LogP contribution is 2.22. The molecule has 0 aliphatic rings. The van der Waals surface area contributed by atoms with Crippen LogP contribution in [-0.2, 0) is 13.1 Å². The molecule has 0 unspecified atom stereocenters. The highest BCUT2D eigenvalue weighted by Gasteiger charge is 2.06. The molecule has 0 spiro atoms. The fourth-order valence-corrected chi connectivity index (χ4v) is 1.82. The van der Waals surface area contributed by atoms with E-state index in [1.54, 1.807) is 18.2 Å². The molecule has 0 aliphatic carbocycles. The Morgan fingerprint density at radius 1 is 1.10 bits per heavy atom. The molecule has 2 rings (SSSR count). The van der Waals surface area contributed by atoms with Crippen LogP contribution in [0.5, 0.6) is 11.5 Å². The van der Waals surface area contributed by atoms with E-state index < -0.39 is 4.92 Å². The minimum atomic E-state index is -0.435. The number of phenols is 2. The maximum Gasteiger partial charge on any atom is 0.269 e. The molecule has 0 heterocycles. The lowest BCUT2D eigenvalue weighted by atomic mass is 10.1. The van der Waals surface area contributed by atoms with E-state index in [9.17, 15) is 20.3 Å². The van der Waals surface area contributed by atoms with Crippen molar-refractivity contribution in [3.05, 3.63) is 63.7 Å². The van der Waals surface area contributed by atoms with Gasteiger partial charge in [-0.25, -0.2) is 0 Å². The maximum absolute atomic E-state index is 10.7. The molecule has 0 radical (unpaired) electrons. The van der Waals surface area contributed by atoms with Crippen LogP contribution in [0.4, 0.5) is 5.69 Å². The fraction of sp³-hybridized carbons (Fsp3) is 0.143. The second-order valence-corrected chi connectivity index (χ2v) is 4.34. The number of nitrogens with one attached hydrogen (secondary N) is 1. The van der Waals surface area contributed by atoms with Crippen LogP contribution in [0.15, 0.2) is 42.5 Å². The number of phenolic OH excluding ortho intramolecular Hbond substituents is 2. The third-order valence-corrected chi connectivity index (χ3v) is 2.83. The highest BCUT2D eigenvalue weighted by molar-refractivity contribution is 5.39. The van der Waals surface area contributed by atoms with Gasteiger partial charge in [-0.15, -0.1) is 0 Å². The highest BCUT2D eigenvalue weighted by atomic mass is 16.6. The predicted molar refractivity (Wildman–Crippen MR) is 73.4 cm³/mol. The van der Waals surface area contributed by atoms with E-state index in [1.807, 2.05) is 0 Å². The molecule has 104 valence electrons. The zero-order chi connectivity index (χ0) is 14.5. The number of hydrogen-bond donors (Lipinski definition) is 3. The summed E-state index contributed by atoms with van der Waals surface area (Å²) < 4.78 is 0. The van der Waals surface area contributed by atoms with Gasteiger partial charge in [-0.2, -0.15) is 0 Å². The van der Waals surface area contributed by atoms with Crippen LogP contribution in [0.2, 0.25) is 0 Å². The average Bonchev–Trinajstić information content (AvgIpc) is 2.41. The molecule has 0 aliphatic heterocycles. The van der Waals surface area contributed by atoms with Crippen molar-refractivity contribution in [3.8, 4) is 11.5 Å². The van der Waals surface area contributed by atoms with Crippen LogP contribution in [0.3, 0.4) is 0 Å². The van der Waals surface area contributed by atoms with Gasteiger partial charge in [0.05, 0.1) is 4.92 Å². The number of aromatic hydroxyl groups is 2. The van der Waals surface area contributed by atoms with Crippen molar-refractivity contribution >= 4 is 5.69 Å². The zero-order valence-electron chi connectivity index (χ0n) is 10.6. The third-order valence-electron chi connectivity index (χ3n) is 2.83. The Kier molecular flexibility index (Phi) is 4.17. The van der Waals surface area contributed by atoms with Gasteiger partial charge in [-0.1, -0.05) is 18.2 Å². The number of rotatable bonds is 5. The van der Waals surface area contributed by atoms with Gasteiger partial charge in [0, 0.05) is 36.9 Å². The molecule has 0 aromatic heterocycles. The number of non-ortho nitro benzene ring substituents is 1. The Morgan fingerprint density at radius 3 is 2.60 bits per heavy atom. The van der Waals surface area contributed by atoms with Gasteiger partial charge >= 0.3 is 0 Å². The molecule has 20 heavy (non-hydrogen) atoms. The summed E-state index contributed by atoms with van der Waals surface area (Å²) in [5, 5.41) is 32.5. The summed E-state index contributed by atoms with van der Waals surface area (Å²) in [4.78, 5) is 10.2. The Bertz CT molecular complexity index is 628. The quantitative estimate of drug-likeness (QED) is 0.574. The standard InChI is InChI=1S/C14H14N2O4/c17-13-5-4-11(14(18)7-13)9-15-8-10-2-1-3-12(6-10)16(19)20/h1-7,15,17-18H,8-9H2. The number of nitro groups is 1. The van der Waals surface area contributed by atoms with Gasteiger partial charge in [-0.3, -0.25) is 10.1 Å². The zero-order valence-corrected chi connectivity index (χ0v) is 10.6. The molecule has 6 heteroatoms. The fourth-order valence-electron chi connectivity index (χ4n) is 1.82. The average molecular weight is 274 g/mol. The SMILES string of the molecule is O=[N+]([O-])c1cccc(CNCc2ccc(O)cc2O)c1. The largest absolute Gasteiger partial charge is 0.508 e. The first-order valence-electron chi connectivity index (χ1n) is 6.01. The summed E-state index contributed by atoms with van der Waals surface area (Å²) in [6.07, 6.45) is 0. The Labute approximate surface area is 115 Å². The van der Waals surface area contributed by atoms with E-state index in [0.29, 0.717) is 18.7 Å². The summed E-state index contributed by atoms with van der Waals surface area (Å²) in [5.74, 6) is 0.0153. The third kappa shape index (κ3) is 3.46. The van der Waals surface area contributed by atoms with E-state index in [-0.39, 0.29) is 17.2 Å². The van der Waals surface area contributed by atoms with E-state index in [4.69, 9.17) is 0 Å². The van der Waals surface area contributed by atoms with Crippen LogP contribution in [-0.4, -0.2) is 15.1 Å². The van der Waals surface area contributed by atoms with Crippen molar-refractivity contribution < 1.29 is 15.1 Å². The van der Waals surface area contributed by atoms with Crippen LogP contribution in [0, 0.1) is 10.1 Å². The Morgan fingerprint density at radius 2 is 1.90 bits per heavy atom. The summed E-state index contributed by atoms with van der Waals surface area (Å²) in [6, 6.07) is 10.7. The molecular weight excluding hydrogens is 260 g/mol. The van der Waals surface area contributed by atoms with Crippen molar-refractivity contribution in [2.75, 3.05) is 0 Å². The molecule has 0 bridgehead atoms. The smallest absolute Gasteiger partial charge is 0.269 e. The normalized spacial score (nSPS) is 10.4. The lowest BCUT2D eigenvalue weighted by Crippen LogP contribution is -2.12. The Balaban J connectivity index is 1.96. The minimum absolute atomic E-state index is 0.00457. The molecule has 3 N–H and O–H groups in total. The van der Waals surface area contributed by atoms with Crippen molar-refractivity contribution in [2.45, 2.75) is 13.1 Å². The summed E-state index contributed by atoms with van der Waals surface area (Å²) in [6.45, 7) is 0.844. The lowest BCUT2D eigenvalue weighted by Gasteiger charge is -2.07. The van der Waals surface area contributed by atoms with E-state index in [1.165, 1.54) is 24.3 Å². The number of nitro benzene ring substituents is 1. The summed E-state index contributed by atoms with van der Waals surface area (Å²) in [5.41, 5.74) is 1.49. The van der Waals surface area contributed by atoms with Gasteiger partial charge in [-0.05, 0) is 11.6 Å². The molecule has 0 atom stereocenters. The molecule has 2 aromatic carbocycles. The molecular formula is C14H14N2O4. The number of benzene rings is 2.